The van der Waals surface area contributed by atoms with Gasteiger partial charge < -0.3 is 15.6 Å². The first-order valence-electron chi connectivity index (χ1n) is 9.25. The Morgan fingerprint density at radius 2 is 2.04 bits per heavy atom. The molecule has 0 spiro atoms. The van der Waals surface area contributed by atoms with Crippen LogP contribution in [0.2, 0.25) is 0 Å². The molecule has 0 saturated heterocycles. The first kappa shape index (κ1) is 18.0. The van der Waals surface area contributed by atoms with Gasteiger partial charge in [-0.05, 0) is 50.8 Å². The molecule has 0 amide bonds. The molecule has 0 radical (unpaired) electrons. The Balaban J connectivity index is 1.52. The number of benzene rings is 1. The molecule has 3 rings (SSSR count). The van der Waals surface area contributed by atoms with Crippen molar-refractivity contribution < 1.29 is 0 Å². The Hall–Kier alpha value is -2.76. The Morgan fingerprint density at radius 3 is 2.77 bits per heavy atom. The lowest BCUT2D eigenvalue weighted by Crippen LogP contribution is -2.38. The van der Waals surface area contributed by atoms with Gasteiger partial charge in [-0.25, -0.2) is 4.99 Å². The third kappa shape index (κ3) is 4.65. The van der Waals surface area contributed by atoms with E-state index < -0.39 is 0 Å². The van der Waals surface area contributed by atoms with Crippen LogP contribution in [0.15, 0.2) is 41.4 Å². The second kappa shape index (κ2) is 8.56. The van der Waals surface area contributed by atoms with E-state index in [0.29, 0.717) is 6.54 Å². The molecule has 26 heavy (non-hydrogen) atoms. The number of aliphatic imine (C=N–C) groups is 1. The van der Waals surface area contributed by atoms with Crippen molar-refractivity contribution >= 4 is 16.9 Å². The van der Waals surface area contributed by atoms with Gasteiger partial charge in [0.2, 0.25) is 0 Å². The van der Waals surface area contributed by atoms with Crippen LogP contribution in [-0.4, -0.2) is 33.8 Å². The lowest BCUT2D eigenvalue weighted by Gasteiger charge is -2.11. The summed E-state index contributed by atoms with van der Waals surface area (Å²) in [6, 6.07) is 12.6. The summed E-state index contributed by atoms with van der Waals surface area (Å²) < 4.78 is 2.06. The highest BCUT2D eigenvalue weighted by Gasteiger charge is 2.03. The minimum Gasteiger partial charge on any atom is -0.357 e. The van der Waals surface area contributed by atoms with Crippen molar-refractivity contribution in [2.75, 3.05) is 13.1 Å². The first-order chi connectivity index (χ1) is 12.7. The summed E-state index contributed by atoms with van der Waals surface area (Å²) in [5.41, 5.74) is 4.55. The zero-order valence-electron chi connectivity index (χ0n) is 15.8. The summed E-state index contributed by atoms with van der Waals surface area (Å²) in [7, 11) is 0. The normalized spacial score (nSPS) is 11.9. The third-order valence-electron chi connectivity index (χ3n) is 4.28. The molecular weight excluding hydrogens is 324 g/mol. The van der Waals surface area contributed by atoms with E-state index in [1.165, 1.54) is 11.1 Å². The molecule has 0 aliphatic carbocycles. The molecule has 2 heterocycles. The van der Waals surface area contributed by atoms with E-state index in [1.54, 1.807) is 0 Å². The van der Waals surface area contributed by atoms with Gasteiger partial charge in [-0.15, -0.1) is 0 Å². The molecule has 3 N–H and O–H groups in total. The van der Waals surface area contributed by atoms with E-state index in [1.807, 2.05) is 13.0 Å². The number of fused-ring (bicyclic) bond motifs is 1. The van der Waals surface area contributed by atoms with Crippen LogP contribution in [0.1, 0.15) is 30.4 Å². The fourth-order valence-corrected chi connectivity index (χ4v) is 3.06. The Kier molecular flexibility index (Phi) is 5.94. The highest BCUT2D eigenvalue weighted by molar-refractivity contribution is 5.81. The zero-order valence-corrected chi connectivity index (χ0v) is 15.8. The predicted octanol–water partition coefficient (Wildman–Crippen LogP) is 3.13. The summed E-state index contributed by atoms with van der Waals surface area (Å²) in [6.45, 7) is 9.44. The molecule has 6 nitrogen and oxygen atoms in total. The molecule has 3 aromatic rings. The number of para-hydroxylation sites is 1. The minimum absolute atomic E-state index is 0.626. The second-order valence-corrected chi connectivity index (χ2v) is 6.51. The van der Waals surface area contributed by atoms with Crippen molar-refractivity contribution in [1.82, 2.24) is 25.4 Å². The fourth-order valence-electron chi connectivity index (χ4n) is 3.06. The van der Waals surface area contributed by atoms with Gasteiger partial charge in [0.15, 0.2) is 5.96 Å². The van der Waals surface area contributed by atoms with Crippen LogP contribution in [-0.2, 0) is 13.1 Å². The van der Waals surface area contributed by atoms with Crippen molar-refractivity contribution in [3.8, 4) is 0 Å². The molecule has 0 bridgehead atoms. The molecule has 6 heteroatoms. The zero-order chi connectivity index (χ0) is 18.4. The van der Waals surface area contributed by atoms with Crippen LogP contribution in [0.5, 0.6) is 0 Å². The lowest BCUT2D eigenvalue weighted by molar-refractivity contribution is 0.555. The predicted molar refractivity (Wildman–Crippen MR) is 107 cm³/mol. The largest absolute Gasteiger partial charge is 0.357 e. The van der Waals surface area contributed by atoms with Crippen LogP contribution in [0.3, 0.4) is 0 Å². The second-order valence-electron chi connectivity index (χ2n) is 6.51. The number of nitrogens with zero attached hydrogens (tertiary/aromatic N) is 3. The maximum Gasteiger partial charge on any atom is 0.191 e. The Labute approximate surface area is 154 Å². The average Bonchev–Trinajstić information content (AvgIpc) is 3.18. The van der Waals surface area contributed by atoms with E-state index >= 15 is 0 Å². The number of rotatable bonds is 7. The first-order valence-corrected chi connectivity index (χ1v) is 9.25. The van der Waals surface area contributed by atoms with Crippen molar-refractivity contribution in [2.45, 2.75) is 40.3 Å². The van der Waals surface area contributed by atoms with Gasteiger partial charge in [-0.1, -0.05) is 18.2 Å². The van der Waals surface area contributed by atoms with Crippen LogP contribution in [0.4, 0.5) is 0 Å². The molecular formula is C20H28N6. The van der Waals surface area contributed by atoms with Crippen molar-refractivity contribution in [3.05, 3.63) is 53.5 Å². The molecule has 0 aliphatic heterocycles. The number of hydrogen-bond acceptors (Lipinski definition) is 2. The number of nitrogens with one attached hydrogen (secondary N) is 3. The number of aromatic amines is 1. The van der Waals surface area contributed by atoms with E-state index in [2.05, 4.69) is 74.6 Å². The van der Waals surface area contributed by atoms with Crippen LogP contribution in [0, 0.1) is 13.8 Å². The smallest absolute Gasteiger partial charge is 0.191 e. The highest BCUT2D eigenvalue weighted by atomic mass is 15.3. The fraction of sp³-hybridized carbons (Fsp3) is 0.400. The molecule has 1 aromatic carbocycles. The molecule has 0 fully saturated rings. The molecule has 138 valence electrons. The quantitative estimate of drug-likeness (QED) is 0.348. The molecule has 0 unspecified atom stereocenters. The maximum atomic E-state index is 4.69. The van der Waals surface area contributed by atoms with Gasteiger partial charge in [0, 0.05) is 36.5 Å². The van der Waals surface area contributed by atoms with Crippen molar-refractivity contribution in [3.63, 3.8) is 0 Å². The van der Waals surface area contributed by atoms with Gasteiger partial charge in [0.25, 0.3) is 0 Å². The van der Waals surface area contributed by atoms with Gasteiger partial charge in [-0.3, -0.25) is 4.68 Å². The molecule has 0 saturated carbocycles. The SMILES string of the molecule is CCNC(=NCc1cc2ccccc2[nH]1)NCCCn1nc(C)cc1C. The summed E-state index contributed by atoms with van der Waals surface area (Å²) in [5, 5.41) is 12.4. The highest BCUT2D eigenvalue weighted by Crippen LogP contribution is 2.15. The number of H-pyrrole nitrogens is 1. The monoisotopic (exact) mass is 352 g/mol. The standard InChI is InChI=1S/C20H28N6/c1-4-21-20(22-10-7-11-26-16(3)12-15(2)25-26)23-14-18-13-17-8-5-6-9-19(17)24-18/h5-6,8-9,12-13,24H,4,7,10-11,14H2,1-3H3,(H2,21,22,23). The lowest BCUT2D eigenvalue weighted by atomic mass is 10.2. The molecule has 0 aliphatic rings. The molecule has 0 atom stereocenters. The number of aromatic nitrogens is 3. The topological polar surface area (TPSA) is 70.0 Å². The van der Waals surface area contributed by atoms with Gasteiger partial charge in [-0.2, -0.15) is 5.10 Å². The third-order valence-corrected chi connectivity index (χ3v) is 4.28. The average molecular weight is 352 g/mol. The minimum atomic E-state index is 0.626. The van der Waals surface area contributed by atoms with Crippen molar-refractivity contribution in [1.29, 1.82) is 0 Å². The van der Waals surface area contributed by atoms with Crippen LogP contribution in [0.25, 0.3) is 10.9 Å². The summed E-state index contributed by atoms with van der Waals surface area (Å²) >= 11 is 0. The number of aryl methyl sites for hydroxylation is 3. The maximum absolute atomic E-state index is 4.69. The number of guanidine groups is 1. The Bertz CT molecular complexity index is 840. The van der Waals surface area contributed by atoms with Crippen LogP contribution < -0.4 is 10.6 Å². The van der Waals surface area contributed by atoms with Crippen molar-refractivity contribution in [2.24, 2.45) is 4.99 Å². The Morgan fingerprint density at radius 1 is 1.19 bits per heavy atom. The van der Waals surface area contributed by atoms with Crippen LogP contribution >= 0.6 is 0 Å². The van der Waals surface area contributed by atoms with E-state index in [-0.39, 0.29) is 0 Å². The summed E-state index contributed by atoms with van der Waals surface area (Å²) in [5.74, 6) is 0.847. The summed E-state index contributed by atoms with van der Waals surface area (Å²) in [6.07, 6.45) is 0.999. The van der Waals surface area contributed by atoms with Gasteiger partial charge in [0.1, 0.15) is 0 Å². The number of hydrogen-bond donors (Lipinski definition) is 3. The van der Waals surface area contributed by atoms with E-state index in [9.17, 15) is 0 Å². The molecule has 2 aromatic heterocycles. The van der Waals surface area contributed by atoms with E-state index in [0.717, 1.165) is 48.9 Å². The summed E-state index contributed by atoms with van der Waals surface area (Å²) in [4.78, 5) is 8.10. The van der Waals surface area contributed by atoms with E-state index in [4.69, 9.17) is 0 Å². The van der Waals surface area contributed by atoms with Gasteiger partial charge in [0.05, 0.1) is 12.2 Å². The van der Waals surface area contributed by atoms with Gasteiger partial charge >= 0.3 is 0 Å².